The molecule has 2 aromatic rings. The predicted molar refractivity (Wildman–Crippen MR) is 68.8 cm³/mol. The fraction of sp³-hybridized carbons (Fsp3) is 0.143. The second-order valence-electron chi connectivity index (χ2n) is 3.62. The maximum atomic E-state index is 11.7. The summed E-state index contributed by atoms with van der Waals surface area (Å²) in [7, 11) is 0. The largest absolute Gasteiger partial charge is 0.757 e. The lowest BCUT2D eigenvalue weighted by molar-refractivity contribution is -0.548. The zero-order valence-electron chi connectivity index (χ0n) is 9.96. The number of pyridine rings is 1. The van der Waals surface area contributed by atoms with Crippen molar-refractivity contribution in [2.75, 3.05) is 6.61 Å². The van der Waals surface area contributed by atoms with Crippen molar-refractivity contribution >= 4 is 28.4 Å². The third-order valence-corrected chi connectivity index (χ3v) is 2.52. The summed E-state index contributed by atoms with van der Waals surface area (Å²) in [5.74, 6) is 1.29. The Morgan fingerprint density at radius 1 is 1.33 bits per heavy atom. The van der Waals surface area contributed by atoms with Crippen LogP contribution < -0.4 is 4.57 Å². The summed E-state index contributed by atoms with van der Waals surface area (Å²) >= 11 is 0. The Labute approximate surface area is 105 Å². The van der Waals surface area contributed by atoms with Gasteiger partial charge in [0.05, 0.1) is 6.61 Å². The molecule has 4 nitrogen and oxygen atoms in total. The number of aromatic nitrogens is 1. The number of nitrogens with zero attached hydrogens (tertiary/aromatic N) is 2. The summed E-state index contributed by atoms with van der Waals surface area (Å²) in [6.45, 7) is 1.95. The normalized spacial score (nSPS) is 9.83. The number of carbonyl (C=O) groups excluding carboxylic acids is 1. The van der Waals surface area contributed by atoms with Crippen LogP contribution in [-0.2, 0) is 9.53 Å². The molecule has 4 heteroatoms. The van der Waals surface area contributed by atoms with Gasteiger partial charge >= 0.3 is 11.7 Å². The van der Waals surface area contributed by atoms with E-state index in [1.54, 1.807) is 23.8 Å². The number of rotatable bonds is 3. The number of para-hydroxylation sites is 1. The van der Waals surface area contributed by atoms with Crippen molar-refractivity contribution in [3.05, 3.63) is 48.0 Å². The van der Waals surface area contributed by atoms with Crippen LogP contribution in [0, 0.1) is 0 Å². The van der Waals surface area contributed by atoms with Crippen LogP contribution >= 0.6 is 0 Å². The van der Waals surface area contributed by atoms with E-state index in [0.717, 1.165) is 10.9 Å². The van der Waals surface area contributed by atoms with E-state index in [4.69, 9.17) is 10.1 Å². The molecule has 0 aliphatic carbocycles. The molecule has 0 N–H and O–H groups in total. The van der Waals surface area contributed by atoms with E-state index in [1.165, 1.54) is 0 Å². The molecule has 1 aromatic heterocycles. The topological polar surface area (TPSA) is 52.5 Å². The zero-order valence-corrected chi connectivity index (χ0v) is 9.96. The highest BCUT2D eigenvalue weighted by Gasteiger charge is 2.21. The molecular formula is C14H12N2O2. The molecule has 90 valence electrons. The Balaban J connectivity index is 2.60. The third kappa shape index (κ3) is 2.14. The van der Waals surface area contributed by atoms with Crippen LogP contribution in [0.4, 0.5) is 0 Å². The molecule has 0 aliphatic heterocycles. The van der Waals surface area contributed by atoms with Gasteiger partial charge in [-0.15, -0.1) is 4.57 Å². The Morgan fingerprint density at radius 3 is 2.78 bits per heavy atom. The molecule has 2 rings (SSSR count). The molecule has 0 saturated heterocycles. The summed E-state index contributed by atoms with van der Waals surface area (Å²) in [5.41, 5.74) is 0.762. The van der Waals surface area contributed by atoms with E-state index in [0.29, 0.717) is 0 Å². The van der Waals surface area contributed by atoms with Crippen molar-refractivity contribution < 1.29 is 14.1 Å². The van der Waals surface area contributed by atoms with Crippen LogP contribution in [0.3, 0.4) is 0 Å². The standard InChI is InChI=1S/C14H12N2O2/c1-2-18-14(17)13(10-15)16-9-5-7-11-6-3-4-8-12(11)16/h3-9H,2H2,1H3. The zero-order chi connectivity index (χ0) is 13.0. The van der Waals surface area contributed by atoms with Crippen LogP contribution in [0.1, 0.15) is 6.92 Å². The van der Waals surface area contributed by atoms with Gasteiger partial charge in [-0.3, -0.25) is 0 Å². The Hall–Kier alpha value is -2.45. The van der Waals surface area contributed by atoms with Crippen molar-refractivity contribution in [3.63, 3.8) is 0 Å². The molecule has 1 aromatic carbocycles. The summed E-state index contributed by atoms with van der Waals surface area (Å²) < 4.78 is 6.43. The smallest absolute Gasteiger partial charge is 0.411 e. The minimum atomic E-state index is -0.610. The number of fused-ring (bicyclic) bond motifs is 1. The lowest BCUT2D eigenvalue weighted by Crippen LogP contribution is -2.37. The van der Waals surface area contributed by atoms with E-state index in [1.807, 2.05) is 36.2 Å². The first kappa shape index (κ1) is 12.0. The van der Waals surface area contributed by atoms with Gasteiger partial charge in [0.25, 0.3) is 0 Å². The summed E-state index contributed by atoms with van der Waals surface area (Å²) in [4.78, 5) is 11.7. The lowest BCUT2D eigenvalue weighted by Gasteiger charge is -2.03. The fourth-order valence-electron chi connectivity index (χ4n) is 1.75. The van der Waals surface area contributed by atoms with Gasteiger partial charge in [-0.05, 0) is 19.1 Å². The molecular weight excluding hydrogens is 228 g/mol. The van der Waals surface area contributed by atoms with Crippen LogP contribution in [0.25, 0.3) is 22.0 Å². The van der Waals surface area contributed by atoms with Gasteiger partial charge in [0.2, 0.25) is 5.52 Å². The number of esters is 1. The lowest BCUT2D eigenvalue weighted by atomic mass is 10.2. The van der Waals surface area contributed by atoms with Crippen molar-refractivity contribution in [2.24, 2.45) is 0 Å². The number of benzene rings is 1. The predicted octanol–water partition coefficient (Wildman–Crippen LogP) is 1.77. The Bertz CT molecular complexity index is 638. The number of hydrogen-bond acceptors (Lipinski definition) is 2. The quantitative estimate of drug-likeness (QED) is 0.355. The molecule has 0 spiro atoms. The molecule has 0 amide bonds. The molecule has 0 unspecified atom stereocenters. The Morgan fingerprint density at radius 2 is 2.06 bits per heavy atom. The van der Waals surface area contributed by atoms with E-state index in [2.05, 4.69) is 0 Å². The van der Waals surface area contributed by atoms with Gasteiger partial charge in [-0.1, -0.05) is 12.1 Å². The van der Waals surface area contributed by atoms with Gasteiger partial charge in [-0.25, -0.2) is 4.79 Å². The van der Waals surface area contributed by atoms with Crippen molar-refractivity contribution in [1.82, 2.24) is 0 Å². The Kier molecular flexibility index (Phi) is 3.51. The highest BCUT2D eigenvalue weighted by molar-refractivity contribution is 6.17. The average Bonchev–Trinajstić information content (AvgIpc) is 2.40. The molecule has 0 radical (unpaired) electrons. The maximum absolute atomic E-state index is 11.7. The monoisotopic (exact) mass is 240 g/mol. The number of ether oxygens (including phenoxy) is 1. The van der Waals surface area contributed by atoms with Crippen LogP contribution in [0.15, 0.2) is 42.6 Å². The van der Waals surface area contributed by atoms with Gasteiger partial charge in [0.15, 0.2) is 6.20 Å². The van der Waals surface area contributed by atoms with Gasteiger partial charge in [0, 0.05) is 17.5 Å². The average molecular weight is 240 g/mol. The minimum absolute atomic E-state index is 0.0337. The van der Waals surface area contributed by atoms with Gasteiger partial charge < -0.3 is 10.1 Å². The van der Waals surface area contributed by atoms with E-state index in [9.17, 15) is 4.79 Å². The second-order valence-corrected chi connectivity index (χ2v) is 3.62. The highest BCUT2D eigenvalue weighted by atomic mass is 16.5. The molecule has 0 saturated carbocycles. The van der Waals surface area contributed by atoms with E-state index in [-0.39, 0.29) is 12.3 Å². The fourth-order valence-corrected chi connectivity index (χ4v) is 1.75. The van der Waals surface area contributed by atoms with Crippen LogP contribution in [0.2, 0.25) is 0 Å². The first-order valence-corrected chi connectivity index (χ1v) is 5.62. The highest BCUT2D eigenvalue weighted by Crippen LogP contribution is 2.10. The molecule has 0 atom stereocenters. The number of carbonyl (C=O) groups is 1. The SMILES string of the molecule is CCOC(=O)C(=C=[N-])[n+]1cccc2ccccc21. The summed E-state index contributed by atoms with van der Waals surface area (Å²) in [6, 6.07) is 11.3. The molecule has 0 bridgehead atoms. The van der Waals surface area contributed by atoms with E-state index < -0.39 is 5.97 Å². The molecule has 18 heavy (non-hydrogen) atoms. The molecule has 0 fully saturated rings. The molecule has 1 heterocycles. The van der Waals surface area contributed by atoms with Crippen molar-refractivity contribution in [2.45, 2.75) is 6.92 Å². The van der Waals surface area contributed by atoms with Crippen molar-refractivity contribution in [1.29, 1.82) is 0 Å². The summed E-state index contributed by atoms with van der Waals surface area (Å²) in [5, 5.41) is 10.1. The third-order valence-electron chi connectivity index (χ3n) is 2.52. The molecule has 0 aliphatic rings. The summed E-state index contributed by atoms with van der Waals surface area (Å²) in [6.07, 6.45) is 1.68. The first-order valence-electron chi connectivity index (χ1n) is 5.62. The maximum Gasteiger partial charge on any atom is 0.411 e. The van der Waals surface area contributed by atoms with Gasteiger partial charge in [-0.2, -0.15) is 5.87 Å². The second kappa shape index (κ2) is 5.25. The first-order chi connectivity index (χ1) is 8.77. The number of hydrogen-bond donors (Lipinski definition) is 0. The van der Waals surface area contributed by atoms with Gasteiger partial charge in [0.1, 0.15) is 0 Å². The minimum Gasteiger partial charge on any atom is -0.757 e. The van der Waals surface area contributed by atoms with Crippen molar-refractivity contribution in [3.8, 4) is 0 Å². The van der Waals surface area contributed by atoms with Crippen LogP contribution in [0.5, 0.6) is 0 Å². The van der Waals surface area contributed by atoms with E-state index >= 15 is 0 Å². The van der Waals surface area contributed by atoms with Crippen LogP contribution in [-0.4, -0.2) is 18.4 Å².